The number of nitrogens with one attached hydrogen (secondary N) is 1. The summed E-state index contributed by atoms with van der Waals surface area (Å²) < 4.78 is 35.9. The number of fused-ring (bicyclic) bond motifs is 1. The molecule has 0 aliphatic rings. The van der Waals surface area contributed by atoms with Gasteiger partial charge in [-0.05, 0) is 37.1 Å². The molecule has 158 valence electrons. The molecule has 0 bridgehead atoms. The fourth-order valence-corrected chi connectivity index (χ4v) is 3.09. The van der Waals surface area contributed by atoms with Crippen molar-refractivity contribution in [3.8, 4) is 11.5 Å². The number of alkyl halides is 2. The molecule has 0 fully saturated rings. The highest BCUT2D eigenvalue weighted by Crippen LogP contribution is 2.29. The van der Waals surface area contributed by atoms with Crippen LogP contribution in [0.2, 0.25) is 0 Å². The van der Waals surface area contributed by atoms with Crippen LogP contribution in [0.15, 0.2) is 47.3 Å². The van der Waals surface area contributed by atoms with Gasteiger partial charge in [-0.3, -0.25) is 9.59 Å². The van der Waals surface area contributed by atoms with Crippen LogP contribution in [0.5, 0.6) is 11.5 Å². The molecule has 3 rings (SSSR count). The molecule has 0 atom stereocenters. The second kappa shape index (κ2) is 9.34. The van der Waals surface area contributed by atoms with Gasteiger partial charge < -0.3 is 14.8 Å². The molecule has 0 saturated heterocycles. The highest BCUT2D eigenvalue weighted by atomic mass is 19.3. The SMILES string of the molecule is CCn1nc(C(=O)NCCc2ccc(OC)c(OC(F)F)c2)c2ccccc2c1=O. The van der Waals surface area contributed by atoms with E-state index in [0.717, 1.165) is 0 Å². The number of methoxy groups -OCH3 is 1. The van der Waals surface area contributed by atoms with Crippen molar-refractivity contribution in [2.45, 2.75) is 26.5 Å². The fourth-order valence-electron chi connectivity index (χ4n) is 3.09. The molecule has 7 nitrogen and oxygen atoms in total. The Kier molecular flexibility index (Phi) is 6.61. The molecule has 30 heavy (non-hydrogen) atoms. The monoisotopic (exact) mass is 417 g/mol. The van der Waals surface area contributed by atoms with E-state index in [0.29, 0.717) is 29.3 Å². The zero-order valence-electron chi connectivity index (χ0n) is 16.5. The summed E-state index contributed by atoms with van der Waals surface area (Å²) in [5.41, 5.74) is 0.584. The molecule has 0 radical (unpaired) electrons. The van der Waals surface area contributed by atoms with Crippen LogP contribution < -0.4 is 20.3 Å². The van der Waals surface area contributed by atoms with Crippen molar-refractivity contribution in [2.24, 2.45) is 0 Å². The van der Waals surface area contributed by atoms with Crippen LogP contribution in [0, 0.1) is 0 Å². The maximum atomic E-state index is 12.7. The van der Waals surface area contributed by atoms with Gasteiger partial charge in [0, 0.05) is 18.5 Å². The van der Waals surface area contributed by atoms with Crippen LogP contribution in [-0.2, 0) is 13.0 Å². The van der Waals surface area contributed by atoms with Gasteiger partial charge in [-0.2, -0.15) is 13.9 Å². The summed E-state index contributed by atoms with van der Waals surface area (Å²) >= 11 is 0. The van der Waals surface area contributed by atoms with Crippen molar-refractivity contribution in [1.29, 1.82) is 0 Å². The van der Waals surface area contributed by atoms with Crippen LogP contribution in [0.4, 0.5) is 8.78 Å². The Labute approximate surface area is 171 Å². The van der Waals surface area contributed by atoms with Crippen molar-refractivity contribution in [3.05, 3.63) is 64.1 Å². The minimum atomic E-state index is -2.97. The topological polar surface area (TPSA) is 82.5 Å². The Hall–Kier alpha value is -3.49. The van der Waals surface area contributed by atoms with Crippen molar-refractivity contribution in [1.82, 2.24) is 15.1 Å². The highest BCUT2D eigenvalue weighted by molar-refractivity contribution is 6.04. The first-order chi connectivity index (χ1) is 14.4. The Morgan fingerprint density at radius 2 is 1.90 bits per heavy atom. The first-order valence-corrected chi connectivity index (χ1v) is 9.34. The van der Waals surface area contributed by atoms with Gasteiger partial charge >= 0.3 is 6.61 Å². The summed E-state index contributed by atoms with van der Waals surface area (Å²) in [4.78, 5) is 25.1. The van der Waals surface area contributed by atoms with Crippen molar-refractivity contribution in [3.63, 3.8) is 0 Å². The second-order valence-electron chi connectivity index (χ2n) is 6.38. The van der Waals surface area contributed by atoms with Gasteiger partial charge in [0.05, 0.1) is 12.5 Å². The van der Waals surface area contributed by atoms with E-state index < -0.39 is 12.5 Å². The van der Waals surface area contributed by atoms with E-state index in [9.17, 15) is 18.4 Å². The van der Waals surface area contributed by atoms with Gasteiger partial charge in [-0.15, -0.1) is 0 Å². The number of rotatable bonds is 8. The number of amides is 1. The Bertz CT molecular complexity index is 1120. The van der Waals surface area contributed by atoms with Crippen molar-refractivity contribution >= 4 is 16.7 Å². The molecule has 1 amide bonds. The quantitative estimate of drug-likeness (QED) is 0.609. The van der Waals surface area contributed by atoms with E-state index in [1.165, 1.54) is 23.9 Å². The molecule has 1 heterocycles. The van der Waals surface area contributed by atoms with E-state index in [2.05, 4.69) is 15.2 Å². The van der Waals surface area contributed by atoms with Crippen molar-refractivity contribution < 1.29 is 23.0 Å². The number of aryl methyl sites for hydroxylation is 1. The van der Waals surface area contributed by atoms with E-state index >= 15 is 0 Å². The maximum Gasteiger partial charge on any atom is 0.387 e. The molecule has 0 aliphatic carbocycles. The average molecular weight is 417 g/mol. The Morgan fingerprint density at radius 1 is 1.17 bits per heavy atom. The smallest absolute Gasteiger partial charge is 0.387 e. The lowest BCUT2D eigenvalue weighted by molar-refractivity contribution is -0.0512. The number of carbonyl (C=O) groups is 1. The van der Waals surface area contributed by atoms with Gasteiger partial charge in [-0.1, -0.05) is 24.3 Å². The molecule has 1 aromatic heterocycles. The zero-order chi connectivity index (χ0) is 21.7. The Morgan fingerprint density at radius 3 is 2.57 bits per heavy atom. The molecular formula is C21H21F2N3O4. The van der Waals surface area contributed by atoms with Crippen LogP contribution >= 0.6 is 0 Å². The average Bonchev–Trinajstić information content (AvgIpc) is 2.74. The van der Waals surface area contributed by atoms with E-state index in [-0.39, 0.29) is 29.3 Å². The number of nitrogens with zero attached hydrogens (tertiary/aromatic N) is 2. The summed E-state index contributed by atoms with van der Waals surface area (Å²) in [7, 11) is 1.36. The third-order valence-corrected chi connectivity index (χ3v) is 4.53. The first kappa shape index (κ1) is 21.2. The van der Waals surface area contributed by atoms with Gasteiger partial charge in [0.2, 0.25) is 0 Å². The predicted molar refractivity (Wildman–Crippen MR) is 107 cm³/mol. The van der Waals surface area contributed by atoms with Gasteiger partial charge in [0.25, 0.3) is 11.5 Å². The minimum Gasteiger partial charge on any atom is -0.493 e. The summed E-state index contributed by atoms with van der Waals surface area (Å²) in [6, 6.07) is 11.5. The van der Waals surface area contributed by atoms with E-state index in [4.69, 9.17) is 4.74 Å². The molecule has 9 heteroatoms. The van der Waals surface area contributed by atoms with Crippen LogP contribution in [0.25, 0.3) is 10.8 Å². The molecule has 0 aliphatic heterocycles. The molecule has 0 spiro atoms. The molecular weight excluding hydrogens is 396 g/mol. The van der Waals surface area contributed by atoms with Crippen LogP contribution in [0.3, 0.4) is 0 Å². The van der Waals surface area contributed by atoms with Gasteiger partial charge in [-0.25, -0.2) is 4.68 Å². The lowest BCUT2D eigenvalue weighted by Crippen LogP contribution is -2.31. The molecule has 1 N–H and O–H groups in total. The van der Waals surface area contributed by atoms with E-state index in [1.807, 2.05) is 0 Å². The molecule has 3 aromatic rings. The number of carbonyl (C=O) groups excluding carboxylic acids is 1. The standard InChI is InChI=1S/C21H21F2N3O4/c1-3-26-20(28)15-7-5-4-6-14(15)18(25-26)19(27)24-11-10-13-8-9-16(29-2)17(12-13)30-21(22)23/h4-9,12,21H,3,10-11H2,1-2H3,(H,24,27). The lowest BCUT2D eigenvalue weighted by atomic mass is 10.1. The van der Waals surface area contributed by atoms with E-state index in [1.54, 1.807) is 37.3 Å². The maximum absolute atomic E-state index is 12.7. The number of ether oxygens (including phenoxy) is 2. The number of hydrogen-bond acceptors (Lipinski definition) is 5. The molecule has 2 aromatic carbocycles. The Balaban J connectivity index is 1.76. The second-order valence-corrected chi connectivity index (χ2v) is 6.38. The number of aromatic nitrogens is 2. The largest absolute Gasteiger partial charge is 0.493 e. The fraction of sp³-hybridized carbons (Fsp3) is 0.286. The minimum absolute atomic E-state index is 0.0704. The summed E-state index contributed by atoms with van der Waals surface area (Å²) in [6.45, 7) is -0.626. The third kappa shape index (κ3) is 4.56. The van der Waals surface area contributed by atoms with Gasteiger partial charge in [0.15, 0.2) is 17.2 Å². The van der Waals surface area contributed by atoms with Gasteiger partial charge in [0.1, 0.15) is 0 Å². The van der Waals surface area contributed by atoms with Crippen LogP contribution in [-0.4, -0.2) is 36.0 Å². The molecule has 0 saturated carbocycles. The number of benzene rings is 2. The summed E-state index contributed by atoms with van der Waals surface area (Å²) in [5.74, 6) is -0.300. The molecule has 0 unspecified atom stereocenters. The first-order valence-electron chi connectivity index (χ1n) is 9.34. The normalized spacial score (nSPS) is 11.0. The summed E-state index contributed by atoms with van der Waals surface area (Å²) in [5, 5.41) is 7.84. The highest BCUT2D eigenvalue weighted by Gasteiger charge is 2.16. The summed E-state index contributed by atoms with van der Waals surface area (Å²) in [6.07, 6.45) is 0.376. The predicted octanol–water partition coefficient (Wildman–Crippen LogP) is 3.00. The number of hydrogen-bond donors (Lipinski definition) is 1. The number of halogens is 2. The third-order valence-electron chi connectivity index (χ3n) is 4.53. The van der Waals surface area contributed by atoms with Crippen molar-refractivity contribution in [2.75, 3.05) is 13.7 Å². The zero-order valence-corrected chi connectivity index (χ0v) is 16.5. The lowest BCUT2D eigenvalue weighted by Gasteiger charge is -2.12. The van der Waals surface area contributed by atoms with Crippen LogP contribution in [0.1, 0.15) is 23.0 Å².